The van der Waals surface area contributed by atoms with Crippen molar-refractivity contribution in [3.05, 3.63) is 63.3 Å². The third kappa shape index (κ3) is 5.31. The van der Waals surface area contributed by atoms with Crippen LogP contribution < -0.4 is 5.32 Å². The zero-order chi connectivity index (χ0) is 23.8. The summed E-state index contributed by atoms with van der Waals surface area (Å²) in [5, 5.41) is 3.01. The van der Waals surface area contributed by atoms with E-state index in [9.17, 15) is 26.7 Å². The first kappa shape index (κ1) is 24.2. The van der Waals surface area contributed by atoms with Crippen LogP contribution in [0, 0.1) is 18.6 Å². The van der Waals surface area contributed by atoms with Gasteiger partial charge in [-0.15, -0.1) is 0 Å². The molecule has 2 heterocycles. The highest BCUT2D eigenvalue weighted by atomic mass is 79.9. The summed E-state index contributed by atoms with van der Waals surface area (Å²) >= 11 is 3.05. The lowest BCUT2D eigenvalue weighted by Crippen LogP contribution is -2.42. The zero-order valence-corrected chi connectivity index (χ0v) is 19.1. The summed E-state index contributed by atoms with van der Waals surface area (Å²) in [7, 11) is 0. The lowest BCUT2D eigenvalue weighted by molar-refractivity contribution is -0.148. The van der Waals surface area contributed by atoms with Crippen LogP contribution in [0.25, 0.3) is 0 Å². The minimum Gasteiger partial charge on any atom is -0.385 e. The van der Waals surface area contributed by atoms with Crippen molar-refractivity contribution < 1.29 is 26.7 Å². The smallest absolute Gasteiger partial charge is 0.385 e. The number of hydrogen-bond acceptors (Lipinski definition) is 3. The lowest BCUT2D eigenvalue weighted by Gasteiger charge is -2.31. The summed E-state index contributed by atoms with van der Waals surface area (Å²) in [6.07, 6.45) is -4.63. The molecule has 0 radical (unpaired) electrons. The number of halogens is 6. The number of imidazole rings is 1. The van der Waals surface area contributed by atoms with E-state index in [1.807, 2.05) is 0 Å². The first-order valence-corrected chi connectivity index (χ1v) is 10.6. The molecule has 32 heavy (non-hydrogen) atoms. The normalized spacial score (nSPS) is 14.8. The van der Waals surface area contributed by atoms with Crippen molar-refractivity contribution in [2.45, 2.75) is 52.0 Å². The number of rotatable bonds is 6. The van der Waals surface area contributed by atoms with Gasteiger partial charge in [-0.05, 0) is 59.5 Å². The molecule has 1 amide bonds. The summed E-state index contributed by atoms with van der Waals surface area (Å²) in [5.41, 5.74) is 1.10. The summed E-state index contributed by atoms with van der Waals surface area (Å²) in [6.45, 7) is 6.86. The van der Waals surface area contributed by atoms with Crippen LogP contribution in [0.4, 0.5) is 22.0 Å². The monoisotopic (exact) mass is 520 g/mol. The Morgan fingerprint density at radius 3 is 2.59 bits per heavy atom. The molecule has 0 spiro atoms. The fourth-order valence-corrected chi connectivity index (χ4v) is 4.24. The summed E-state index contributed by atoms with van der Waals surface area (Å²) in [4.78, 5) is 17.9. The van der Waals surface area contributed by atoms with E-state index in [0.717, 1.165) is 16.7 Å². The van der Waals surface area contributed by atoms with Gasteiger partial charge in [0.25, 0.3) is 0 Å². The molecule has 1 aromatic heterocycles. The number of aromatic nitrogens is 2. The first-order chi connectivity index (χ1) is 14.9. The number of carbonyl (C=O) groups excluding carboxylic acids is 1. The Balaban J connectivity index is 1.76. The van der Waals surface area contributed by atoms with Crippen LogP contribution in [0.3, 0.4) is 0 Å². The van der Waals surface area contributed by atoms with Crippen LogP contribution in [-0.4, -0.2) is 32.9 Å². The topological polar surface area (TPSA) is 50.2 Å². The highest BCUT2D eigenvalue weighted by Crippen LogP contribution is 2.34. The maximum atomic E-state index is 14.3. The second-order valence-electron chi connectivity index (χ2n) is 7.86. The van der Waals surface area contributed by atoms with Gasteiger partial charge < -0.3 is 14.8 Å². The van der Waals surface area contributed by atoms with Crippen molar-refractivity contribution in [3.63, 3.8) is 0 Å². The molecule has 1 aromatic carbocycles. The van der Waals surface area contributed by atoms with Crippen LogP contribution >= 0.6 is 15.9 Å². The van der Waals surface area contributed by atoms with Crippen molar-refractivity contribution in [1.82, 2.24) is 19.8 Å². The SMILES string of the molecule is C=C(C)NC(CC(=O)N1CCn2c(C(F)(F)F)nc(Br)c2C1)Cc1cc(F)c(C)cc1F. The number of nitrogens with one attached hydrogen (secondary N) is 1. The van der Waals surface area contributed by atoms with Crippen molar-refractivity contribution >= 4 is 21.8 Å². The molecular weight excluding hydrogens is 499 g/mol. The lowest BCUT2D eigenvalue weighted by atomic mass is 10.00. The first-order valence-electron chi connectivity index (χ1n) is 9.83. The quantitative estimate of drug-likeness (QED) is 0.561. The largest absolute Gasteiger partial charge is 0.449 e. The second-order valence-corrected chi connectivity index (χ2v) is 8.61. The van der Waals surface area contributed by atoms with Gasteiger partial charge in [-0.1, -0.05) is 6.58 Å². The van der Waals surface area contributed by atoms with Gasteiger partial charge in [-0.2, -0.15) is 13.2 Å². The average Bonchev–Trinajstić information content (AvgIpc) is 3.02. The number of nitrogens with zero attached hydrogens (tertiary/aromatic N) is 3. The molecule has 174 valence electrons. The van der Waals surface area contributed by atoms with Crippen molar-refractivity contribution in [1.29, 1.82) is 0 Å². The summed E-state index contributed by atoms with van der Waals surface area (Å²) in [5.74, 6) is -2.46. The number of fused-ring (bicyclic) bond motifs is 1. The van der Waals surface area contributed by atoms with Gasteiger partial charge in [0, 0.05) is 31.2 Å². The highest BCUT2D eigenvalue weighted by Gasteiger charge is 2.40. The molecule has 0 saturated carbocycles. The van der Waals surface area contributed by atoms with Gasteiger partial charge in [-0.3, -0.25) is 4.79 Å². The van der Waals surface area contributed by atoms with E-state index in [1.54, 1.807) is 6.92 Å². The third-order valence-electron chi connectivity index (χ3n) is 5.23. The number of aryl methyl sites for hydroxylation is 1. The predicted octanol–water partition coefficient (Wildman–Crippen LogP) is 4.72. The van der Waals surface area contributed by atoms with E-state index in [2.05, 4.69) is 32.8 Å². The molecule has 2 aromatic rings. The molecule has 1 unspecified atom stereocenters. The molecule has 5 nitrogen and oxygen atoms in total. The molecule has 3 rings (SSSR count). The molecule has 1 atom stereocenters. The van der Waals surface area contributed by atoms with Gasteiger partial charge in [-0.25, -0.2) is 13.8 Å². The molecule has 1 aliphatic rings. The molecule has 1 N–H and O–H groups in total. The summed E-state index contributed by atoms with van der Waals surface area (Å²) in [6, 6.07) is 1.64. The third-order valence-corrected chi connectivity index (χ3v) is 5.86. The van der Waals surface area contributed by atoms with Gasteiger partial charge in [0.15, 0.2) is 0 Å². The Hall–Kier alpha value is -2.43. The maximum absolute atomic E-state index is 14.3. The molecule has 0 fully saturated rings. The van der Waals surface area contributed by atoms with Crippen molar-refractivity contribution in [3.8, 4) is 0 Å². The number of carbonyl (C=O) groups is 1. The molecule has 1 aliphatic heterocycles. The summed E-state index contributed by atoms with van der Waals surface area (Å²) < 4.78 is 68.8. The van der Waals surface area contributed by atoms with E-state index in [-0.39, 0.29) is 59.8 Å². The molecule has 11 heteroatoms. The van der Waals surface area contributed by atoms with E-state index in [4.69, 9.17) is 0 Å². The maximum Gasteiger partial charge on any atom is 0.449 e. The Labute approximate surface area is 190 Å². The number of amides is 1. The van der Waals surface area contributed by atoms with E-state index in [0.29, 0.717) is 5.70 Å². The van der Waals surface area contributed by atoms with Gasteiger partial charge in [0.05, 0.1) is 12.2 Å². The Kier molecular flexibility index (Phi) is 6.97. The second kappa shape index (κ2) is 9.21. The average molecular weight is 521 g/mol. The van der Waals surface area contributed by atoms with Crippen LogP contribution in [0.15, 0.2) is 29.0 Å². The number of alkyl halides is 3. The van der Waals surface area contributed by atoms with Crippen LogP contribution in [-0.2, 0) is 30.5 Å². The predicted molar refractivity (Wildman–Crippen MR) is 111 cm³/mol. The van der Waals surface area contributed by atoms with Gasteiger partial charge in [0.2, 0.25) is 11.7 Å². The fourth-order valence-electron chi connectivity index (χ4n) is 3.73. The Bertz CT molecular complexity index is 1050. The standard InChI is InChI=1S/C21H22BrF5N4O/c1-11(2)28-14(7-13-8-15(23)12(3)6-16(13)24)9-18(32)30-4-5-31-17(10-30)19(22)29-20(31)21(25,26)27/h6,8,14,28H,1,4-5,7,9-10H2,2-3H3. The van der Waals surface area contributed by atoms with E-state index < -0.39 is 29.7 Å². The van der Waals surface area contributed by atoms with E-state index >= 15 is 0 Å². The highest BCUT2D eigenvalue weighted by molar-refractivity contribution is 9.10. The van der Waals surface area contributed by atoms with Crippen LogP contribution in [0.2, 0.25) is 0 Å². The minimum absolute atomic E-state index is 0.0370. The number of allylic oxidation sites excluding steroid dienone is 1. The zero-order valence-electron chi connectivity index (χ0n) is 17.5. The van der Waals surface area contributed by atoms with Gasteiger partial charge >= 0.3 is 6.18 Å². The van der Waals surface area contributed by atoms with E-state index in [1.165, 1.54) is 11.8 Å². The Morgan fingerprint density at radius 2 is 1.97 bits per heavy atom. The minimum atomic E-state index is -4.60. The molecule has 0 saturated heterocycles. The van der Waals surface area contributed by atoms with Crippen molar-refractivity contribution in [2.75, 3.05) is 6.54 Å². The van der Waals surface area contributed by atoms with Gasteiger partial charge in [0.1, 0.15) is 16.2 Å². The van der Waals surface area contributed by atoms with Crippen LogP contribution in [0.5, 0.6) is 0 Å². The molecule has 0 bridgehead atoms. The van der Waals surface area contributed by atoms with Crippen molar-refractivity contribution in [2.24, 2.45) is 0 Å². The Morgan fingerprint density at radius 1 is 1.28 bits per heavy atom. The van der Waals surface area contributed by atoms with Crippen LogP contribution in [0.1, 0.15) is 36.0 Å². The molecular formula is C21H22BrF5N4O. The molecule has 0 aliphatic carbocycles. The number of hydrogen-bond donors (Lipinski definition) is 1. The fraction of sp³-hybridized carbons (Fsp3) is 0.429. The number of benzene rings is 1.